The summed E-state index contributed by atoms with van der Waals surface area (Å²) in [6.45, 7) is 3.58. The highest BCUT2D eigenvalue weighted by atomic mass is 32.2. The first-order valence-corrected chi connectivity index (χ1v) is 8.28. The van der Waals surface area contributed by atoms with Crippen LogP contribution in [0.25, 0.3) is 10.8 Å². The molecule has 0 amide bonds. The standard InChI is InChI=1S/C15H19NO2S/c1-3-19(17,18)11-12(2)16-15-10-6-8-13-7-4-5-9-14(13)15/h4-10,12,16H,3,11H2,1-2H3. The minimum Gasteiger partial charge on any atom is -0.381 e. The molecule has 0 spiro atoms. The lowest BCUT2D eigenvalue weighted by Gasteiger charge is -2.16. The first-order chi connectivity index (χ1) is 9.02. The number of anilines is 1. The molecular formula is C15H19NO2S. The van der Waals surface area contributed by atoms with Crippen LogP contribution in [0.5, 0.6) is 0 Å². The highest BCUT2D eigenvalue weighted by molar-refractivity contribution is 7.91. The monoisotopic (exact) mass is 277 g/mol. The molecule has 0 aliphatic rings. The minimum atomic E-state index is -2.95. The van der Waals surface area contributed by atoms with Crippen molar-refractivity contribution in [1.82, 2.24) is 0 Å². The third-order valence-corrected chi connectivity index (χ3v) is 5.02. The molecule has 0 aliphatic carbocycles. The van der Waals surface area contributed by atoms with Gasteiger partial charge in [0.2, 0.25) is 0 Å². The number of benzene rings is 2. The van der Waals surface area contributed by atoms with E-state index in [9.17, 15) is 8.42 Å². The van der Waals surface area contributed by atoms with Crippen LogP contribution in [-0.2, 0) is 9.84 Å². The van der Waals surface area contributed by atoms with E-state index in [0.717, 1.165) is 16.5 Å². The molecule has 2 aromatic rings. The Morgan fingerprint density at radius 1 is 1.11 bits per heavy atom. The summed E-state index contributed by atoms with van der Waals surface area (Å²) in [6.07, 6.45) is 0. The number of fused-ring (bicyclic) bond motifs is 1. The van der Waals surface area contributed by atoms with E-state index in [-0.39, 0.29) is 17.5 Å². The van der Waals surface area contributed by atoms with Gasteiger partial charge in [-0.1, -0.05) is 43.3 Å². The van der Waals surface area contributed by atoms with Crippen molar-refractivity contribution in [2.45, 2.75) is 19.9 Å². The Morgan fingerprint density at radius 3 is 2.53 bits per heavy atom. The highest BCUT2D eigenvalue weighted by Crippen LogP contribution is 2.23. The molecule has 0 saturated heterocycles. The number of rotatable bonds is 5. The van der Waals surface area contributed by atoms with Crippen LogP contribution < -0.4 is 5.32 Å². The lowest BCUT2D eigenvalue weighted by molar-refractivity contribution is 0.593. The Balaban J connectivity index is 2.22. The van der Waals surface area contributed by atoms with Gasteiger partial charge in [0.25, 0.3) is 0 Å². The smallest absolute Gasteiger partial charge is 0.152 e. The average molecular weight is 277 g/mol. The summed E-state index contributed by atoms with van der Waals surface area (Å²) in [7, 11) is -2.95. The van der Waals surface area contributed by atoms with Gasteiger partial charge in [-0.15, -0.1) is 0 Å². The number of hydrogen-bond acceptors (Lipinski definition) is 3. The quantitative estimate of drug-likeness (QED) is 0.913. The van der Waals surface area contributed by atoms with Crippen LogP contribution in [0.2, 0.25) is 0 Å². The van der Waals surface area contributed by atoms with Crippen molar-refractivity contribution in [3.63, 3.8) is 0 Å². The Labute approximate surface area is 114 Å². The third kappa shape index (κ3) is 3.47. The van der Waals surface area contributed by atoms with Crippen LogP contribution in [0.3, 0.4) is 0 Å². The van der Waals surface area contributed by atoms with Gasteiger partial charge in [0.15, 0.2) is 9.84 Å². The first-order valence-electron chi connectivity index (χ1n) is 6.46. The Morgan fingerprint density at radius 2 is 1.79 bits per heavy atom. The summed E-state index contributed by atoms with van der Waals surface area (Å²) in [5, 5.41) is 5.56. The van der Waals surface area contributed by atoms with Gasteiger partial charge in [-0.25, -0.2) is 8.42 Å². The van der Waals surface area contributed by atoms with Gasteiger partial charge in [-0.3, -0.25) is 0 Å². The molecular weight excluding hydrogens is 258 g/mol. The molecule has 19 heavy (non-hydrogen) atoms. The molecule has 2 rings (SSSR count). The maximum atomic E-state index is 11.6. The zero-order valence-corrected chi connectivity index (χ0v) is 12.1. The summed E-state index contributed by atoms with van der Waals surface area (Å²) in [5.41, 5.74) is 0.983. The van der Waals surface area contributed by atoms with Crippen molar-refractivity contribution in [3.8, 4) is 0 Å². The average Bonchev–Trinajstić information content (AvgIpc) is 2.38. The van der Waals surface area contributed by atoms with Crippen LogP contribution in [0, 0.1) is 0 Å². The van der Waals surface area contributed by atoms with Gasteiger partial charge in [0.05, 0.1) is 5.75 Å². The Hall–Kier alpha value is -1.55. The van der Waals surface area contributed by atoms with E-state index in [1.807, 2.05) is 49.4 Å². The molecule has 102 valence electrons. The molecule has 3 nitrogen and oxygen atoms in total. The highest BCUT2D eigenvalue weighted by Gasteiger charge is 2.14. The molecule has 1 N–H and O–H groups in total. The van der Waals surface area contributed by atoms with Gasteiger partial charge in [0.1, 0.15) is 0 Å². The van der Waals surface area contributed by atoms with Crippen LogP contribution in [0.1, 0.15) is 13.8 Å². The van der Waals surface area contributed by atoms with Crippen molar-refractivity contribution < 1.29 is 8.42 Å². The minimum absolute atomic E-state index is 0.101. The molecule has 1 atom stereocenters. The van der Waals surface area contributed by atoms with Gasteiger partial charge >= 0.3 is 0 Å². The van der Waals surface area contributed by atoms with E-state index in [4.69, 9.17) is 0 Å². The van der Waals surface area contributed by atoms with E-state index < -0.39 is 9.84 Å². The van der Waals surface area contributed by atoms with Crippen molar-refractivity contribution in [1.29, 1.82) is 0 Å². The van der Waals surface area contributed by atoms with E-state index in [1.54, 1.807) is 6.92 Å². The number of sulfone groups is 1. The van der Waals surface area contributed by atoms with Crippen molar-refractivity contribution in [2.75, 3.05) is 16.8 Å². The summed E-state index contributed by atoms with van der Waals surface area (Å²) in [5.74, 6) is 0.348. The molecule has 0 heterocycles. The van der Waals surface area contributed by atoms with Crippen LogP contribution in [0.4, 0.5) is 5.69 Å². The predicted octanol–water partition coefficient (Wildman–Crippen LogP) is 3.07. The Kier molecular flexibility index (Phi) is 4.10. The second-order valence-corrected chi connectivity index (χ2v) is 7.17. The van der Waals surface area contributed by atoms with E-state index in [2.05, 4.69) is 5.32 Å². The zero-order valence-electron chi connectivity index (χ0n) is 11.3. The van der Waals surface area contributed by atoms with Crippen LogP contribution >= 0.6 is 0 Å². The molecule has 0 saturated carbocycles. The van der Waals surface area contributed by atoms with Crippen LogP contribution in [0.15, 0.2) is 42.5 Å². The van der Waals surface area contributed by atoms with Crippen LogP contribution in [-0.4, -0.2) is 26.0 Å². The fourth-order valence-electron chi connectivity index (χ4n) is 2.16. The second-order valence-electron chi connectivity index (χ2n) is 4.77. The topological polar surface area (TPSA) is 46.2 Å². The fourth-order valence-corrected chi connectivity index (χ4v) is 3.24. The predicted molar refractivity (Wildman–Crippen MR) is 81.4 cm³/mol. The molecule has 0 aliphatic heterocycles. The molecule has 2 aromatic carbocycles. The van der Waals surface area contributed by atoms with Gasteiger partial charge < -0.3 is 5.32 Å². The maximum absolute atomic E-state index is 11.6. The van der Waals surface area contributed by atoms with Gasteiger partial charge in [-0.2, -0.15) is 0 Å². The maximum Gasteiger partial charge on any atom is 0.152 e. The summed E-state index contributed by atoms with van der Waals surface area (Å²) >= 11 is 0. The molecule has 0 radical (unpaired) electrons. The lowest BCUT2D eigenvalue weighted by Crippen LogP contribution is -2.26. The molecule has 0 fully saturated rings. The van der Waals surface area contributed by atoms with Crippen molar-refractivity contribution in [2.24, 2.45) is 0 Å². The second kappa shape index (κ2) is 5.61. The van der Waals surface area contributed by atoms with E-state index in [0.29, 0.717) is 0 Å². The van der Waals surface area contributed by atoms with Crippen molar-refractivity contribution in [3.05, 3.63) is 42.5 Å². The van der Waals surface area contributed by atoms with E-state index >= 15 is 0 Å². The summed E-state index contributed by atoms with van der Waals surface area (Å²) < 4.78 is 23.2. The molecule has 0 bridgehead atoms. The fraction of sp³-hybridized carbons (Fsp3) is 0.333. The van der Waals surface area contributed by atoms with Crippen molar-refractivity contribution >= 4 is 26.3 Å². The number of nitrogens with one attached hydrogen (secondary N) is 1. The summed E-state index contributed by atoms with van der Waals surface area (Å²) in [4.78, 5) is 0. The van der Waals surface area contributed by atoms with E-state index in [1.165, 1.54) is 0 Å². The van der Waals surface area contributed by atoms with Gasteiger partial charge in [-0.05, 0) is 18.4 Å². The third-order valence-electron chi connectivity index (χ3n) is 3.14. The largest absolute Gasteiger partial charge is 0.381 e. The van der Waals surface area contributed by atoms with Gasteiger partial charge in [0, 0.05) is 22.9 Å². The Bertz CT molecular complexity index is 659. The normalized spacial score (nSPS) is 13.4. The number of hydrogen-bond donors (Lipinski definition) is 1. The lowest BCUT2D eigenvalue weighted by atomic mass is 10.1. The zero-order chi connectivity index (χ0) is 13.9. The SMILES string of the molecule is CCS(=O)(=O)CC(C)Nc1cccc2ccccc12. The molecule has 4 heteroatoms. The summed E-state index contributed by atoms with van der Waals surface area (Å²) in [6, 6.07) is 14.0. The first kappa shape index (κ1) is 13.9. The molecule has 0 aromatic heterocycles. The molecule has 1 unspecified atom stereocenters.